The Morgan fingerprint density at radius 3 is 2.43 bits per heavy atom. The van der Waals surface area contributed by atoms with Gasteiger partial charge in [0.05, 0.1) is 11.4 Å². The summed E-state index contributed by atoms with van der Waals surface area (Å²) >= 11 is 0. The van der Waals surface area contributed by atoms with E-state index in [0.29, 0.717) is 5.92 Å². The molecule has 21 heavy (non-hydrogen) atoms. The molecule has 2 aliphatic rings. The van der Waals surface area contributed by atoms with Gasteiger partial charge in [-0.15, -0.1) is 0 Å². The summed E-state index contributed by atoms with van der Waals surface area (Å²) in [6.07, 6.45) is 5.61. The zero-order chi connectivity index (χ0) is 14.4. The van der Waals surface area contributed by atoms with Gasteiger partial charge in [0.15, 0.2) is 0 Å². The lowest BCUT2D eigenvalue weighted by atomic mass is 9.84. The number of nitrogens with zero attached hydrogens (tertiary/aromatic N) is 2. The van der Waals surface area contributed by atoms with Crippen LogP contribution >= 0.6 is 0 Å². The lowest BCUT2D eigenvalue weighted by Crippen LogP contribution is -2.14. The average molecular weight is 278 g/mol. The second-order valence-corrected chi connectivity index (χ2v) is 6.78. The summed E-state index contributed by atoms with van der Waals surface area (Å²) in [4.78, 5) is 9.57. The van der Waals surface area contributed by atoms with Crippen molar-refractivity contribution in [3.05, 3.63) is 47.4 Å². The number of hydrogen-bond acceptors (Lipinski definition) is 2. The van der Waals surface area contributed by atoms with Gasteiger partial charge in [-0.1, -0.05) is 36.8 Å². The van der Waals surface area contributed by atoms with Gasteiger partial charge in [-0.3, -0.25) is 0 Å². The summed E-state index contributed by atoms with van der Waals surface area (Å²) in [5, 5.41) is 0. The van der Waals surface area contributed by atoms with E-state index >= 15 is 0 Å². The second kappa shape index (κ2) is 4.94. The minimum absolute atomic E-state index is 0.674. The van der Waals surface area contributed by atoms with Crippen LogP contribution in [0.25, 0.3) is 11.3 Å². The first kappa shape index (κ1) is 13.0. The predicted octanol–water partition coefficient (Wildman–Crippen LogP) is 4.66. The highest BCUT2D eigenvalue weighted by Crippen LogP contribution is 2.53. The Morgan fingerprint density at radius 2 is 1.76 bits per heavy atom. The van der Waals surface area contributed by atoms with E-state index in [1.165, 1.54) is 42.5 Å². The predicted molar refractivity (Wildman–Crippen MR) is 85.1 cm³/mol. The Labute approximate surface area is 126 Å². The van der Waals surface area contributed by atoms with Crippen molar-refractivity contribution >= 4 is 0 Å². The first-order valence-electron chi connectivity index (χ1n) is 8.13. The highest BCUT2D eigenvalue weighted by atomic mass is 14.9. The zero-order valence-corrected chi connectivity index (χ0v) is 12.8. The van der Waals surface area contributed by atoms with Crippen LogP contribution < -0.4 is 0 Å². The summed E-state index contributed by atoms with van der Waals surface area (Å²) in [5.74, 6) is 3.41. The van der Waals surface area contributed by atoms with Gasteiger partial charge in [-0.2, -0.15) is 0 Å². The minimum atomic E-state index is 0.674. The van der Waals surface area contributed by atoms with Crippen LogP contribution in [0.4, 0.5) is 0 Å². The highest BCUT2D eigenvalue weighted by molar-refractivity contribution is 5.63. The first-order chi connectivity index (χ1) is 10.2. The van der Waals surface area contributed by atoms with Crippen molar-refractivity contribution in [2.75, 3.05) is 0 Å². The number of hydrogen-bond donors (Lipinski definition) is 0. The van der Waals surface area contributed by atoms with Gasteiger partial charge in [0, 0.05) is 11.5 Å². The molecular formula is C19H22N2. The van der Waals surface area contributed by atoms with Gasteiger partial charge in [0.25, 0.3) is 0 Å². The number of fused-ring (bicyclic) bond motifs is 2. The third-order valence-electron chi connectivity index (χ3n) is 5.43. The lowest BCUT2D eigenvalue weighted by Gasteiger charge is -2.24. The van der Waals surface area contributed by atoms with Crippen LogP contribution in [0, 0.1) is 25.7 Å². The van der Waals surface area contributed by atoms with E-state index in [2.05, 4.69) is 37.3 Å². The molecule has 3 unspecified atom stereocenters. The average Bonchev–Trinajstić information content (AvgIpc) is 3.13. The van der Waals surface area contributed by atoms with Crippen LogP contribution in [-0.4, -0.2) is 9.97 Å². The quantitative estimate of drug-likeness (QED) is 0.798. The molecule has 0 N–H and O–H groups in total. The summed E-state index contributed by atoms with van der Waals surface area (Å²) in [6.45, 7) is 4.24. The smallest absolute Gasteiger partial charge is 0.126 e. The van der Waals surface area contributed by atoms with E-state index < -0.39 is 0 Å². The second-order valence-electron chi connectivity index (χ2n) is 6.78. The molecule has 1 aromatic heterocycles. The number of aromatic nitrogens is 2. The van der Waals surface area contributed by atoms with Crippen LogP contribution in [-0.2, 0) is 0 Å². The van der Waals surface area contributed by atoms with Crippen molar-refractivity contribution in [1.82, 2.24) is 9.97 Å². The fraction of sp³-hybridized carbons (Fsp3) is 0.474. The molecular weight excluding hydrogens is 256 g/mol. The first-order valence-corrected chi connectivity index (χ1v) is 8.13. The van der Waals surface area contributed by atoms with Gasteiger partial charge in [0.1, 0.15) is 5.82 Å². The largest absolute Gasteiger partial charge is 0.238 e. The molecule has 1 aromatic carbocycles. The highest BCUT2D eigenvalue weighted by Gasteiger charge is 2.41. The molecule has 0 saturated heterocycles. The Morgan fingerprint density at radius 1 is 0.952 bits per heavy atom. The molecule has 2 aliphatic carbocycles. The number of aryl methyl sites for hydroxylation is 1. The van der Waals surface area contributed by atoms with Crippen LogP contribution in [0.5, 0.6) is 0 Å². The number of benzene rings is 1. The van der Waals surface area contributed by atoms with Crippen molar-refractivity contribution in [1.29, 1.82) is 0 Å². The molecule has 4 rings (SSSR count). The molecule has 2 saturated carbocycles. The molecule has 108 valence electrons. The Kier molecular flexibility index (Phi) is 3.06. The van der Waals surface area contributed by atoms with Crippen molar-refractivity contribution < 1.29 is 0 Å². The molecule has 0 spiro atoms. The van der Waals surface area contributed by atoms with E-state index in [1.807, 2.05) is 6.92 Å². The minimum Gasteiger partial charge on any atom is -0.238 e. The molecule has 0 radical (unpaired) electrons. The molecule has 2 fully saturated rings. The van der Waals surface area contributed by atoms with Gasteiger partial charge in [-0.05, 0) is 50.5 Å². The molecule has 2 bridgehead atoms. The summed E-state index contributed by atoms with van der Waals surface area (Å²) < 4.78 is 0. The van der Waals surface area contributed by atoms with Crippen molar-refractivity contribution in [3.63, 3.8) is 0 Å². The maximum absolute atomic E-state index is 4.85. The van der Waals surface area contributed by atoms with Crippen LogP contribution in [0.3, 0.4) is 0 Å². The molecule has 0 amide bonds. The van der Waals surface area contributed by atoms with Gasteiger partial charge in [0.2, 0.25) is 0 Å². The van der Waals surface area contributed by atoms with E-state index in [1.54, 1.807) is 0 Å². The Hall–Kier alpha value is -1.70. The van der Waals surface area contributed by atoms with Crippen LogP contribution in [0.1, 0.15) is 48.7 Å². The number of rotatable bonds is 2. The fourth-order valence-electron chi connectivity index (χ4n) is 4.47. The van der Waals surface area contributed by atoms with E-state index in [9.17, 15) is 0 Å². The topological polar surface area (TPSA) is 25.8 Å². The summed E-state index contributed by atoms with van der Waals surface area (Å²) in [7, 11) is 0. The van der Waals surface area contributed by atoms with Gasteiger partial charge < -0.3 is 0 Å². The molecule has 2 nitrogen and oxygen atoms in total. The molecule has 0 aliphatic heterocycles. The maximum Gasteiger partial charge on any atom is 0.126 e. The van der Waals surface area contributed by atoms with Crippen molar-refractivity contribution in [3.8, 4) is 11.3 Å². The van der Waals surface area contributed by atoms with Crippen LogP contribution in [0.2, 0.25) is 0 Å². The third-order valence-corrected chi connectivity index (χ3v) is 5.43. The zero-order valence-electron chi connectivity index (χ0n) is 12.8. The van der Waals surface area contributed by atoms with Crippen molar-refractivity contribution in [2.45, 2.75) is 45.4 Å². The van der Waals surface area contributed by atoms with Crippen LogP contribution in [0.15, 0.2) is 30.3 Å². The molecule has 2 heteroatoms. The SMILES string of the molecule is Cc1nc(-c2ccccc2)c(C)c(C2CC3CCC2C3)n1. The standard InChI is InChI=1S/C19H22N2/c1-12-18(15-6-4-3-5-7-15)20-13(2)21-19(12)17-11-14-8-9-16(17)10-14/h3-7,14,16-17H,8-11H2,1-2H3. The maximum atomic E-state index is 4.85. The fourth-order valence-corrected chi connectivity index (χ4v) is 4.47. The van der Waals surface area contributed by atoms with E-state index in [-0.39, 0.29) is 0 Å². The van der Waals surface area contributed by atoms with E-state index in [0.717, 1.165) is 23.4 Å². The molecule has 1 heterocycles. The Balaban J connectivity index is 1.80. The third kappa shape index (κ3) is 2.17. The summed E-state index contributed by atoms with van der Waals surface area (Å²) in [6, 6.07) is 10.5. The normalized spacial score (nSPS) is 27.2. The monoisotopic (exact) mass is 278 g/mol. The molecule has 2 aromatic rings. The lowest BCUT2D eigenvalue weighted by molar-refractivity contribution is 0.411. The van der Waals surface area contributed by atoms with Gasteiger partial charge in [-0.25, -0.2) is 9.97 Å². The van der Waals surface area contributed by atoms with Crippen molar-refractivity contribution in [2.24, 2.45) is 11.8 Å². The van der Waals surface area contributed by atoms with Gasteiger partial charge >= 0.3 is 0 Å². The summed E-state index contributed by atoms with van der Waals surface area (Å²) in [5.41, 5.74) is 4.96. The molecule has 3 atom stereocenters. The Bertz CT molecular complexity index is 663. The van der Waals surface area contributed by atoms with E-state index in [4.69, 9.17) is 9.97 Å².